The molecule has 0 heterocycles. The monoisotopic (exact) mass is 167 g/mol. The van der Waals surface area contributed by atoms with Crippen molar-refractivity contribution in [3.8, 4) is 6.07 Å². The summed E-state index contributed by atoms with van der Waals surface area (Å²) in [6.45, 7) is 0. The van der Waals surface area contributed by atoms with Crippen molar-refractivity contribution >= 4 is 5.97 Å². The first-order valence-electron chi connectivity index (χ1n) is 4.27. The van der Waals surface area contributed by atoms with E-state index >= 15 is 0 Å². The van der Waals surface area contributed by atoms with Crippen LogP contribution in [0.3, 0.4) is 0 Å². The minimum atomic E-state index is -0.221. The topological polar surface area (TPSA) is 50.1 Å². The molecule has 1 saturated carbocycles. The number of nitriles is 1. The molecule has 2 atom stereocenters. The van der Waals surface area contributed by atoms with Gasteiger partial charge in [0, 0.05) is 0 Å². The van der Waals surface area contributed by atoms with E-state index in [1.165, 1.54) is 7.11 Å². The minimum Gasteiger partial charge on any atom is -0.469 e. The molecule has 0 amide bonds. The highest BCUT2D eigenvalue weighted by Crippen LogP contribution is 2.30. The summed E-state index contributed by atoms with van der Waals surface area (Å²) in [5.41, 5.74) is 0. The van der Waals surface area contributed by atoms with Crippen LogP contribution < -0.4 is 0 Å². The van der Waals surface area contributed by atoms with Crippen LogP contribution in [-0.4, -0.2) is 13.1 Å². The molecule has 0 bridgehead atoms. The molecular formula is C9H13NO2. The SMILES string of the molecule is COC(=O)[C@@H]1CCCC[C@@H]1C#N. The first-order chi connectivity index (χ1) is 5.79. The van der Waals surface area contributed by atoms with Gasteiger partial charge in [-0.2, -0.15) is 5.26 Å². The number of nitrogens with zero attached hydrogens (tertiary/aromatic N) is 1. The summed E-state index contributed by atoms with van der Waals surface area (Å²) in [6, 6.07) is 2.17. The van der Waals surface area contributed by atoms with E-state index in [0.717, 1.165) is 25.7 Å². The number of carbonyl (C=O) groups is 1. The van der Waals surface area contributed by atoms with Gasteiger partial charge in [-0.3, -0.25) is 4.79 Å². The molecule has 0 radical (unpaired) electrons. The maximum Gasteiger partial charge on any atom is 0.309 e. The summed E-state index contributed by atoms with van der Waals surface area (Å²) in [4.78, 5) is 11.2. The van der Waals surface area contributed by atoms with Crippen molar-refractivity contribution in [2.24, 2.45) is 11.8 Å². The Balaban J connectivity index is 2.60. The fraction of sp³-hybridized carbons (Fsp3) is 0.778. The van der Waals surface area contributed by atoms with E-state index in [1.807, 2.05) is 0 Å². The molecule has 1 aliphatic rings. The van der Waals surface area contributed by atoms with Crippen molar-refractivity contribution in [3.05, 3.63) is 0 Å². The van der Waals surface area contributed by atoms with Crippen molar-refractivity contribution in [2.45, 2.75) is 25.7 Å². The Kier molecular flexibility index (Phi) is 3.09. The normalized spacial score (nSPS) is 29.0. The number of esters is 1. The van der Waals surface area contributed by atoms with Gasteiger partial charge in [0.05, 0.1) is 25.0 Å². The van der Waals surface area contributed by atoms with Crippen molar-refractivity contribution < 1.29 is 9.53 Å². The first kappa shape index (κ1) is 9.05. The Labute approximate surface area is 72.3 Å². The lowest BCUT2D eigenvalue weighted by Crippen LogP contribution is -2.27. The number of carbonyl (C=O) groups excluding carboxylic acids is 1. The van der Waals surface area contributed by atoms with Gasteiger partial charge >= 0.3 is 5.97 Å². The van der Waals surface area contributed by atoms with Gasteiger partial charge in [-0.15, -0.1) is 0 Å². The maximum absolute atomic E-state index is 11.2. The molecule has 0 N–H and O–H groups in total. The van der Waals surface area contributed by atoms with Crippen LogP contribution in [-0.2, 0) is 9.53 Å². The standard InChI is InChI=1S/C9H13NO2/c1-12-9(11)8-5-3-2-4-7(8)6-10/h7-8H,2-5H2,1H3/t7-,8-/m1/s1. The maximum atomic E-state index is 11.2. The molecule has 1 aliphatic carbocycles. The van der Waals surface area contributed by atoms with Gasteiger partial charge in [-0.25, -0.2) is 0 Å². The summed E-state index contributed by atoms with van der Waals surface area (Å²) in [5, 5.41) is 8.75. The van der Waals surface area contributed by atoms with Crippen molar-refractivity contribution in [3.63, 3.8) is 0 Å². The van der Waals surface area contributed by atoms with Crippen LogP contribution in [0.5, 0.6) is 0 Å². The van der Waals surface area contributed by atoms with Gasteiger partial charge in [0.15, 0.2) is 0 Å². The smallest absolute Gasteiger partial charge is 0.309 e. The van der Waals surface area contributed by atoms with Gasteiger partial charge in [0.1, 0.15) is 0 Å². The van der Waals surface area contributed by atoms with Crippen molar-refractivity contribution in [1.82, 2.24) is 0 Å². The first-order valence-corrected chi connectivity index (χ1v) is 4.27. The summed E-state index contributed by atoms with van der Waals surface area (Å²) in [7, 11) is 1.38. The third kappa shape index (κ3) is 1.76. The number of rotatable bonds is 1. The largest absolute Gasteiger partial charge is 0.469 e. The highest BCUT2D eigenvalue weighted by molar-refractivity contribution is 5.73. The van der Waals surface area contributed by atoms with Gasteiger partial charge in [-0.05, 0) is 12.8 Å². The Morgan fingerprint density at radius 1 is 1.50 bits per heavy atom. The molecule has 0 aromatic heterocycles. The van der Waals surface area contributed by atoms with E-state index in [1.54, 1.807) is 0 Å². The zero-order valence-corrected chi connectivity index (χ0v) is 7.25. The Bertz CT molecular complexity index is 207. The molecule has 0 aromatic rings. The lowest BCUT2D eigenvalue weighted by Gasteiger charge is -2.23. The van der Waals surface area contributed by atoms with Crippen LogP contribution in [0.25, 0.3) is 0 Å². The van der Waals surface area contributed by atoms with Gasteiger partial charge in [0.25, 0.3) is 0 Å². The third-order valence-electron chi connectivity index (χ3n) is 2.44. The Hall–Kier alpha value is -1.04. The Morgan fingerprint density at radius 3 is 2.75 bits per heavy atom. The summed E-state index contributed by atoms with van der Waals surface area (Å²) in [6.07, 6.45) is 3.75. The van der Waals surface area contributed by atoms with Crippen molar-refractivity contribution in [1.29, 1.82) is 5.26 Å². The quantitative estimate of drug-likeness (QED) is 0.556. The van der Waals surface area contributed by atoms with Crippen LogP contribution in [0.1, 0.15) is 25.7 Å². The van der Waals surface area contributed by atoms with Gasteiger partial charge in [0.2, 0.25) is 0 Å². The van der Waals surface area contributed by atoms with Crippen molar-refractivity contribution in [2.75, 3.05) is 7.11 Å². The van der Waals surface area contributed by atoms with Crippen LogP contribution in [0.15, 0.2) is 0 Å². The molecule has 0 aliphatic heterocycles. The average Bonchev–Trinajstić information content (AvgIpc) is 2.16. The highest BCUT2D eigenvalue weighted by Gasteiger charge is 2.31. The minimum absolute atomic E-state index is 0.119. The molecular weight excluding hydrogens is 154 g/mol. The van der Waals surface area contributed by atoms with E-state index < -0.39 is 0 Å². The predicted molar refractivity (Wildman–Crippen MR) is 43.1 cm³/mol. The fourth-order valence-corrected chi connectivity index (χ4v) is 1.72. The van der Waals surface area contributed by atoms with E-state index in [2.05, 4.69) is 10.8 Å². The van der Waals surface area contributed by atoms with Crippen LogP contribution in [0.4, 0.5) is 0 Å². The molecule has 0 aromatic carbocycles. The Morgan fingerprint density at radius 2 is 2.17 bits per heavy atom. The van der Waals surface area contributed by atoms with E-state index in [4.69, 9.17) is 5.26 Å². The van der Waals surface area contributed by atoms with E-state index in [0.29, 0.717) is 0 Å². The lowest BCUT2D eigenvalue weighted by molar-refractivity contribution is -0.147. The molecule has 1 fully saturated rings. The number of ether oxygens (including phenoxy) is 1. The summed E-state index contributed by atoms with van der Waals surface area (Å²) >= 11 is 0. The highest BCUT2D eigenvalue weighted by atomic mass is 16.5. The number of methoxy groups -OCH3 is 1. The van der Waals surface area contributed by atoms with Crippen LogP contribution in [0.2, 0.25) is 0 Å². The molecule has 0 unspecified atom stereocenters. The second-order valence-electron chi connectivity index (χ2n) is 3.15. The van der Waals surface area contributed by atoms with Crippen LogP contribution >= 0.6 is 0 Å². The average molecular weight is 167 g/mol. The summed E-state index contributed by atoms with van der Waals surface area (Å²) < 4.78 is 4.63. The third-order valence-corrected chi connectivity index (χ3v) is 2.44. The lowest BCUT2D eigenvalue weighted by atomic mass is 9.80. The molecule has 12 heavy (non-hydrogen) atoms. The van der Waals surface area contributed by atoms with Gasteiger partial charge < -0.3 is 4.74 Å². The molecule has 3 heteroatoms. The van der Waals surface area contributed by atoms with E-state index in [-0.39, 0.29) is 17.8 Å². The summed E-state index contributed by atoms with van der Waals surface area (Å²) in [5.74, 6) is -0.513. The number of hydrogen-bond donors (Lipinski definition) is 0. The predicted octanol–water partition coefficient (Wildman–Crippen LogP) is 1.49. The second kappa shape index (κ2) is 4.10. The zero-order valence-electron chi connectivity index (χ0n) is 7.25. The van der Waals surface area contributed by atoms with E-state index in [9.17, 15) is 4.79 Å². The zero-order chi connectivity index (χ0) is 8.97. The second-order valence-corrected chi connectivity index (χ2v) is 3.15. The van der Waals surface area contributed by atoms with Gasteiger partial charge in [-0.1, -0.05) is 12.8 Å². The molecule has 3 nitrogen and oxygen atoms in total. The molecule has 66 valence electrons. The fourth-order valence-electron chi connectivity index (χ4n) is 1.72. The molecule has 0 saturated heterocycles. The van der Waals surface area contributed by atoms with Crippen LogP contribution in [0, 0.1) is 23.2 Å². The molecule has 1 rings (SSSR count). The number of hydrogen-bond acceptors (Lipinski definition) is 3. The molecule has 0 spiro atoms.